The van der Waals surface area contributed by atoms with Crippen molar-refractivity contribution < 1.29 is 4.42 Å². The molecule has 3 rings (SSSR count). The van der Waals surface area contributed by atoms with Crippen molar-refractivity contribution in [3.63, 3.8) is 0 Å². The summed E-state index contributed by atoms with van der Waals surface area (Å²) in [6, 6.07) is 16.1. The van der Waals surface area contributed by atoms with Crippen LogP contribution in [0.25, 0.3) is 22.6 Å². The summed E-state index contributed by atoms with van der Waals surface area (Å²) in [4.78, 5) is 4.84. The summed E-state index contributed by atoms with van der Waals surface area (Å²) in [7, 11) is 0. The standard InChI is InChI=1S/C15H12BrNO/c1-10(16)11-6-8-12(9-7-11)15-17-13-4-2-3-5-14(13)18-15/h2-10H,1H3. The molecule has 2 nitrogen and oxygen atoms in total. The Bertz CT molecular complexity index is 637. The minimum absolute atomic E-state index is 0.357. The maximum absolute atomic E-state index is 5.73. The lowest BCUT2D eigenvalue weighted by Gasteiger charge is -2.03. The molecule has 18 heavy (non-hydrogen) atoms. The molecule has 1 heterocycles. The molecule has 1 unspecified atom stereocenters. The number of nitrogens with zero attached hydrogens (tertiary/aromatic N) is 1. The number of alkyl halides is 1. The minimum Gasteiger partial charge on any atom is -0.436 e. The van der Waals surface area contributed by atoms with Gasteiger partial charge in [-0.2, -0.15) is 0 Å². The monoisotopic (exact) mass is 301 g/mol. The first kappa shape index (κ1) is 11.5. The first-order valence-electron chi connectivity index (χ1n) is 5.84. The summed E-state index contributed by atoms with van der Waals surface area (Å²) >= 11 is 3.55. The number of oxazole rings is 1. The second-order valence-electron chi connectivity index (χ2n) is 4.22. The van der Waals surface area contributed by atoms with Crippen LogP contribution in [0.3, 0.4) is 0 Å². The van der Waals surface area contributed by atoms with Gasteiger partial charge in [0.2, 0.25) is 5.89 Å². The van der Waals surface area contributed by atoms with Crippen LogP contribution in [0.15, 0.2) is 52.9 Å². The average molecular weight is 302 g/mol. The molecule has 0 fully saturated rings. The van der Waals surface area contributed by atoms with Gasteiger partial charge in [0.05, 0.1) is 0 Å². The van der Waals surface area contributed by atoms with Crippen molar-refractivity contribution in [3.8, 4) is 11.5 Å². The number of fused-ring (bicyclic) bond motifs is 1. The van der Waals surface area contributed by atoms with Gasteiger partial charge < -0.3 is 4.42 Å². The molecule has 3 heteroatoms. The number of para-hydroxylation sites is 2. The van der Waals surface area contributed by atoms with E-state index in [0.717, 1.165) is 16.7 Å². The molecule has 0 aliphatic rings. The van der Waals surface area contributed by atoms with Crippen LogP contribution in [0.1, 0.15) is 17.3 Å². The van der Waals surface area contributed by atoms with Gasteiger partial charge in [-0.1, -0.05) is 40.2 Å². The Morgan fingerprint density at radius 1 is 1.06 bits per heavy atom. The lowest BCUT2D eigenvalue weighted by molar-refractivity contribution is 0.620. The highest BCUT2D eigenvalue weighted by molar-refractivity contribution is 9.09. The van der Waals surface area contributed by atoms with Crippen molar-refractivity contribution >= 4 is 27.0 Å². The zero-order chi connectivity index (χ0) is 12.5. The molecular formula is C15H12BrNO. The third-order valence-electron chi connectivity index (χ3n) is 2.91. The number of halogens is 1. The van der Waals surface area contributed by atoms with Crippen molar-refractivity contribution in [2.45, 2.75) is 11.8 Å². The summed E-state index contributed by atoms with van der Waals surface area (Å²) in [5.41, 5.74) is 3.97. The topological polar surface area (TPSA) is 26.0 Å². The maximum atomic E-state index is 5.73. The fourth-order valence-electron chi connectivity index (χ4n) is 1.89. The number of hydrogen-bond acceptors (Lipinski definition) is 2. The van der Waals surface area contributed by atoms with Crippen molar-refractivity contribution in [2.24, 2.45) is 0 Å². The summed E-state index contributed by atoms with van der Waals surface area (Å²) in [5.74, 6) is 0.671. The normalized spacial score (nSPS) is 12.8. The Hall–Kier alpha value is -1.61. The van der Waals surface area contributed by atoms with E-state index in [4.69, 9.17) is 4.42 Å². The van der Waals surface area contributed by atoms with Gasteiger partial charge in [0, 0.05) is 10.4 Å². The first-order valence-corrected chi connectivity index (χ1v) is 6.75. The van der Waals surface area contributed by atoms with E-state index in [-0.39, 0.29) is 0 Å². The van der Waals surface area contributed by atoms with E-state index in [2.05, 4.69) is 40.0 Å². The molecule has 0 aliphatic heterocycles. The highest BCUT2D eigenvalue weighted by Gasteiger charge is 2.08. The quantitative estimate of drug-likeness (QED) is 0.626. The third-order valence-corrected chi connectivity index (χ3v) is 3.44. The Morgan fingerprint density at radius 2 is 1.78 bits per heavy atom. The van der Waals surface area contributed by atoms with E-state index in [1.807, 2.05) is 36.4 Å². The smallest absolute Gasteiger partial charge is 0.227 e. The van der Waals surface area contributed by atoms with Gasteiger partial charge in [-0.05, 0) is 36.8 Å². The van der Waals surface area contributed by atoms with Gasteiger partial charge in [-0.3, -0.25) is 0 Å². The predicted octanol–water partition coefficient (Wildman–Crippen LogP) is 4.95. The maximum Gasteiger partial charge on any atom is 0.227 e. The first-order chi connectivity index (χ1) is 8.74. The van der Waals surface area contributed by atoms with Crippen LogP contribution in [0.5, 0.6) is 0 Å². The largest absolute Gasteiger partial charge is 0.436 e. The predicted molar refractivity (Wildman–Crippen MR) is 76.8 cm³/mol. The summed E-state index contributed by atoms with van der Waals surface area (Å²) < 4.78 is 5.73. The van der Waals surface area contributed by atoms with Crippen LogP contribution in [0.2, 0.25) is 0 Å². The molecule has 0 saturated carbocycles. The number of hydrogen-bond donors (Lipinski definition) is 0. The van der Waals surface area contributed by atoms with Crippen molar-refractivity contribution in [3.05, 3.63) is 54.1 Å². The Labute approximate surface area is 114 Å². The lowest BCUT2D eigenvalue weighted by atomic mass is 10.1. The van der Waals surface area contributed by atoms with E-state index in [1.165, 1.54) is 5.56 Å². The molecule has 0 bridgehead atoms. The number of rotatable bonds is 2. The van der Waals surface area contributed by atoms with Crippen LogP contribution < -0.4 is 0 Å². The summed E-state index contributed by atoms with van der Waals surface area (Å²) in [6.07, 6.45) is 0. The molecule has 2 aromatic carbocycles. The fraction of sp³-hybridized carbons (Fsp3) is 0.133. The van der Waals surface area contributed by atoms with Crippen LogP contribution in [0, 0.1) is 0 Å². The van der Waals surface area contributed by atoms with E-state index in [0.29, 0.717) is 10.7 Å². The number of aromatic nitrogens is 1. The van der Waals surface area contributed by atoms with Gasteiger partial charge in [0.25, 0.3) is 0 Å². The van der Waals surface area contributed by atoms with Crippen LogP contribution >= 0.6 is 15.9 Å². The molecule has 0 radical (unpaired) electrons. The average Bonchev–Trinajstić information content (AvgIpc) is 2.82. The zero-order valence-corrected chi connectivity index (χ0v) is 11.5. The summed E-state index contributed by atoms with van der Waals surface area (Å²) in [5, 5.41) is 0. The van der Waals surface area contributed by atoms with Crippen LogP contribution in [-0.2, 0) is 0 Å². The van der Waals surface area contributed by atoms with Crippen molar-refractivity contribution in [1.29, 1.82) is 0 Å². The Morgan fingerprint density at radius 3 is 2.44 bits per heavy atom. The van der Waals surface area contributed by atoms with Gasteiger partial charge >= 0.3 is 0 Å². The number of benzene rings is 2. The molecule has 3 aromatic rings. The molecule has 0 amide bonds. The minimum atomic E-state index is 0.357. The molecular weight excluding hydrogens is 290 g/mol. The lowest BCUT2D eigenvalue weighted by Crippen LogP contribution is -1.83. The molecule has 0 N–H and O–H groups in total. The SMILES string of the molecule is CC(Br)c1ccc(-c2nc3ccccc3o2)cc1. The molecule has 1 aromatic heterocycles. The fourth-order valence-corrected chi connectivity index (χ4v) is 2.19. The Balaban J connectivity index is 2.03. The van der Waals surface area contributed by atoms with Gasteiger partial charge in [0.15, 0.2) is 5.58 Å². The molecule has 0 aliphatic carbocycles. The van der Waals surface area contributed by atoms with Gasteiger partial charge in [-0.15, -0.1) is 0 Å². The van der Waals surface area contributed by atoms with Crippen molar-refractivity contribution in [1.82, 2.24) is 4.98 Å². The third kappa shape index (κ3) is 2.06. The second-order valence-corrected chi connectivity index (χ2v) is 5.60. The highest BCUT2D eigenvalue weighted by Crippen LogP contribution is 2.27. The van der Waals surface area contributed by atoms with Crippen LogP contribution in [-0.4, -0.2) is 4.98 Å². The zero-order valence-electron chi connectivity index (χ0n) is 9.93. The van der Waals surface area contributed by atoms with E-state index in [1.54, 1.807) is 0 Å². The molecule has 1 atom stereocenters. The van der Waals surface area contributed by atoms with E-state index < -0.39 is 0 Å². The molecule has 90 valence electrons. The Kier molecular flexibility index (Phi) is 2.92. The molecule has 0 saturated heterocycles. The highest BCUT2D eigenvalue weighted by atomic mass is 79.9. The van der Waals surface area contributed by atoms with E-state index in [9.17, 15) is 0 Å². The molecule has 0 spiro atoms. The second kappa shape index (κ2) is 4.58. The van der Waals surface area contributed by atoms with Crippen LogP contribution in [0.4, 0.5) is 0 Å². The van der Waals surface area contributed by atoms with Gasteiger partial charge in [-0.25, -0.2) is 4.98 Å². The van der Waals surface area contributed by atoms with Gasteiger partial charge in [0.1, 0.15) is 5.52 Å². The summed E-state index contributed by atoms with van der Waals surface area (Å²) in [6.45, 7) is 2.11. The van der Waals surface area contributed by atoms with Crippen molar-refractivity contribution in [2.75, 3.05) is 0 Å². The van der Waals surface area contributed by atoms with E-state index >= 15 is 0 Å².